The van der Waals surface area contributed by atoms with Crippen molar-refractivity contribution in [1.82, 2.24) is 4.98 Å². The second-order valence-electron chi connectivity index (χ2n) is 3.13. The van der Waals surface area contributed by atoms with Crippen LogP contribution >= 0.6 is 22.6 Å². The number of aromatic nitrogens is 1. The first-order chi connectivity index (χ1) is 5.84. The van der Waals surface area contributed by atoms with Gasteiger partial charge in [0.25, 0.3) is 0 Å². The molecule has 1 aliphatic carbocycles. The summed E-state index contributed by atoms with van der Waals surface area (Å²) in [5.41, 5.74) is 0. The van der Waals surface area contributed by atoms with Crippen molar-refractivity contribution in [2.24, 2.45) is 0 Å². The summed E-state index contributed by atoms with van der Waals surface area (Å²) in [5.74, 6) is 1.01. The lowest BCUT2D eigenvalue weighted by molar-refractivity contribution is 0.444. The summed E-state index contributed by atoms with van der Waals surface area (Å²) in [4.78, 5) is 4.28. The molecule has 3 heteroatoms. The number of pyridine rings is 1. The molecule has 1 N–H and O–H groups in total. The van der Waals surface area contributed by atoms with E-state index in [1.54, 1.807) is 0 Å². The Morgan fingerprint density at radius 2 is 2.25 bits per heavy atom. The van der Waals surface area contributed by atoms with Gasteiger partial charge in [0.05, 0.1) is 0 Å². The van der Waals surface area contributed by atoms with Crippen LogP contribution in [0.5, 0.6) is 0 Å². The third-order valence-electron chi connectivity index (χ3n) is 2.18. The van der Waals surface area contributed by atoms with Crippen LogP contribution in [-0.4, -0.2) is 11.0 Å². The maximum absolute atomic E-state index is 4.28. The lowest BCUT2D eigenvalue weighted by atomic mass is 9.93. The minimum Gasteiger partial charge on any atom is -0.367 e. The molecule has 0 saturated heterocycles. The molecule has 12 heavy (non-hydrogen) atoms. The topological polar surface area (TPSA) is 24.9 Å². The van der Waals surface area contributed by atoms with Gasteiger partial charge in [0.1, 0.15) is 5.82 Å². The van der Waals surface area contributed by atoms with Crippen LogP contribution in [0.3, 0.4) is 0 Å². The number of hydrogen-bond donors (Lipinski definition) is 1. The Labute approximate surface area is 85.9 Å². The largest absolute Gasteiger partial charge is 0.367 e. The highest BCUT2D eigenvalue weighted by atomic mass is 127. The molecule has 1 aliphatic rings. The van der Waals surface area contributed by atoms with Crippen LogP contribution in [0.1, 0.15) is 19.3 Å². The zero-order valence-electron chi connectivity index (χ0n) is 6.76. The predicted octanol–water partition coefficient (Wildman–Crippen LogP) is 2.65. The van der Waals surface area contributed by atoms with Crippen molar-refractivity contribution < 1.29 is 0 Å². The van der Waals surface area contributed by atoms with E-state index in [-0.39, 0.29) is 0 Å². The van der Waals surface area contributed by atoms with Crippen LogP contribution in [0.2, 0.25) is 0 Å². The first-order valence-corrected chi connectivity index (χ1v) is 5.30. The molecule has 0 aromatic carbocycles. The summed E-state index contributed by atoms with van der Waals surface area (Å²) in [6.07, 6.45) is 5.85. The summed E-state index contributed by atoms with van der Waals surface area (Å²) < 4.78 is 1.19. The van der Waals surface area contributed by atoms with Gasteiger partial charge in [-0.2, -0.15) is 0 Å². The highest BCUT2D eigenvalue weighted by molar-refractivity contribution is 14.1. The van der Waals surface area contributed by atoms with Gasteiger partial charge in [-0.25, -0.2) is 4.98 Å². The van der Waals surface area contributed by atoms with Crippen molar-refractivity contribution in [1.29, 1.82) is 0 Å². The Morgan fingerprint density at radius 1 is 1.42 bits per heavy atom. The standard InChI is InChI=1S/C9H11IN2/c10-7-4-5-9(11-6-7)12-8-2-1-3-8/h4-6,8H,1-3H2,(H,11,12). The van der Waals surface area contributed by atoms with Gasteiger partial charge in [-0.1, -0.05) is 0 Å². The molecular weight excluding hydrogens is 263 g/mol. The van der Waals surface area contributed by atoms with Crippen molar-refractivity contribution in [2.75, 3.05) is 5.32 Å². The number of nitrogens with zero attached hydrogens (tertiary/aromatic N) is 1. The van der Waals surface area contributed by atoms with E-state index in [4.69, 9.17) is 0 Å². The van der Waals surface area contributed by atoms with Crippen molar-refractivity contribution in [3.8, 4) is 0 Å². The highest BCUT2D eigenvalue weighted by Gasteiger charge is 2.16. The highest BCUT2D eigenvalue weighted by Crippen LogP contribution is 2.22. The predicted molar refractivity (Wildman–Crippen MR) is 58.2 cm³/mol. The lowest BCUT2D eigenvalue weighted by Crippen LogP contribution is -2.27. The van der Waals surface area contributed by atoms with Crippen LogP contribution in [0.25, 0.3) is 0 Å². The fourth-order valence-electron chi connectivity index (χ4n) is 1.22. The Bertz CT molecular complexity index is 254. The maximum atomic E-state index is 4.28. The van der Waals surface area contributed by atoms with E-state index in [0.717, 1.165) is 5.82 Å². The van der Waals surface area contributed by atoms with Gasteiger partial charge in [-0.05, 0) is 54.0 Å². The second kappa shape index (κ2) is 3.60. The van der Waals surface area contributed by atoms with Crippen molar-refractivity contribution in [2.45, 2.75) is 25.3 Å². The Hall–Kier alpha value is -0.320. The molecule has 2 rings (SSSR count). The average molecular weight is 274 g/mol. The minimum absolute atomic E-state index is 0.678. The van der Waals surface area contributed by atoms with Gasteiger partial charge in [0.15, 0.2) is 0 Å². The molecule has 1 heterocycles. The SMILES string of the molecule is Ic1ccc(NC2CCC2)nc1. The lowest BCUT2D eigenvalue weighted by Gasteiger charge is -2.26. The minimum atomic E-state index is 0.678. The molecule has 1 aromatic rings. The Morgan fingerprint density at radius 3 is 2.75 bits per heavy atom. The molecule has 0 atom stereocenters. The molecule has 0 radical (unpaired) electrons. The van der Waals surface area contributed by atoms with E-state index < -0.39 is 0 Å². The summed E-state index contributed by atoms with van der Waals surface area (Å²) in [7, 11) is 0. The molecule has 0 bridgehead atoms. The van der Waals surface area contributed by atoms with E-state index >= 15 is 0 Å². The molecule has 64 valence electrons. The average Bonchev–Trinajstić information content (AvgIpc) is 2.00. The van der Waals surface area contributed by atoms with Gasteiger partial charge in [-0.3, -0.25) is 0 Å². The number of halogens is 1. The molecular formula is C9H11IN2. The summed E-state index contributed by atoms with van der Waals surface area (Å²) in [6.45, 7) is 0. The zero-order valence-corrected chi connectivity index (χ0v) is 8.91. The van der Waals surface area contributed by atoms with Gasteiger partial charge >= 0.3 is 0 Å². The van der Waals surface area contributed by atoms with E-state index in [1.807, 2.05) is 12.3 Å². The Balaban J connectivity index is 1.98. The Kier molecular flexibility index (Phi) is 2.48. The first-order valence-electron chi connectivity index (χ1n) is 4.23. The summed E-state index contributed by atoms with van der Waals surface area (Å²) in [6, 6.07) is 4.80. The van der Waals surface area contributed by atoms with Crippen LogP contribution in [0.4, 0.5) is 5.82 Å². The fourth-order valence-corrected chi connectivity index (χ4v) is 1.54. The van der Waals surface area contributed by atoms with Crippen molar-refractivity contribution >= 4 is 28.4 Å². The van der Waals surface area contributed by atoms with Crippen molar-refractivity contribution in [3.63, 3.8) is 0 Å². The monoisotopic (exact) mass is 274 g/mol. The van der Waals surface area contributed by atoms with Gasteiger partial charge in [-0.15, -0.1) is 0 Å². The van der Waals surface area contributed by atoms with Crippen molar-refractivity contribution in [3.05, 3.63) is 21.9 Å². The summed E-state index contributed by atoms with van der Waals surface area (Å²) in [5, 5.41) is 3.39. The molecule has 0 unspecified atom stereocenters. The number of hydrogen-bond acceptors (Lipinski definition) is 2. The molecule has 1 saturated carbocycles. The number of anilines is 1. The third kappa shape index (κ3) is 1.88. The van der Waals surface area contributed by atoms with E-state index in [1.165, 1.54) is 22.8 Å². The van der Waals surface area contributed by atoms with Gasteiger partial charge in [0.2, 0.25) is 0 Å². The van der Waals surface area contributed by atoms with E-state index in [2.05, 4.69) is 39.0 Å². The van der Waals surface area contributed by atoms with Crippen LogP contribution in [0.15, 0.2) is 18.3 Å². The number of rotatable bonds is 2. The molecule has 0 aliphatic heterocycles. The summed E-state index contributed by atoms with van der Waals surface area (Å²) >= 11 is 2.26. The smallest absolute Gasteiger partial charge is 0.126 e. The quantitative estimate of drug-likeness (QED) is 0.839. The first kappa shape index (κ1) is 8.29. The fraction of sp³-hybridized carbons (Fsp3) is 0.444. The molecule has 1 fully saturated rings. The van der Waals surface area contributed by atoms with E-state index in [9.17, 15) is 0 Å². The normalized spacial score (nSPS) is 17.1. The maximum Gasteiger partial charge on any atom is 0.126 e. The van der Waals surface area contributed by atoms with Crippen LogP contribution in [-0.2, 0) is 0 Å². The van der Waals surface area contributed by atoms with E-state index in [0.29, 0.717) is 6.04 Å². The molecule has 0 spiro atoms. The molecule has 0 amide bonds. The number of nitrogens with one attached hydrogen (secondary N) is 1. The second-order valence-corrected chi connectivity index (χ2v) is 4.38. The third-order valence-corrected chi connectivity index (χ3v) is 2.82. The molecule has 1 aromatic heterocycles. The molecule has 2 nitrogen and oxygen atoms in total. The van der Waals surface area contributed by atoms with Gasteiger partial charge in [0, 0.05) is 15.8 Å². The van der Waals surface area contributed by atoms with Crippen LogP contribution in [0, 0.1) is 3.57 Å². The zero-order chi connectivity index (χ0) is 8.39. The van der Waals surface area contributed by atoms with Crippen LogP contribution < -0.4 is 5.32 Å². The van der Waals surface area contributed by atoms with Gasteiger partial charge < -0.3 is 5.32 Å².